The van der Waals surface area contributed by atoms with Gasteiger partial charge in [0.25, 0.3) is 5.56 Å². The zero-order valence-corrected chi connectivity index (χ0v) is 15.5. The molecule has 0 spiro atoms. The van der Waals surface area contributed by atoms with E-state index < -0.39 is 17.7 Å². The predicted molar refractivity (Wildman–Crippen MR) is 99.1 cm³/mol. The third-order valence-corrected chi connectivity index (χ3v) is 5.11. The quantitative estimate of drug-likeness (QED) is 0.786. The van der Waals surface area contributed by atoms with E-state index in [-0.39, 0.29) is 29.3 Å². The monoisotopic (exact) mass is 402 g/mol. The van der Waals surface area contributed by atoms with Crippen LogP contribution in [0, 0.1) is 17.8 Å². The van der Waals surface area contributed by atoms with E-state index >= 15 is 0 Å². The van der Waals surface area contributed by atoms with Crippen molar-refractivity contribution in [1.82, 2.24) is 14.5 Å². The van der Waals surface area contributed by atoms with Crippen molar-refractivity contribution < 1.29 is 18.0 Å². The van der Waals surface area contributed by atoms with Gasteiger partial charge in [-0.05, 0) is 24.5 Å². The van der Waals surface area contributed by atoms with Crippen molar-refractivity contribution in [2.24, 2.45) is 5.92 Å². The molecule has 1 aromatic heterocycles. The van der Waals surface area contributed by atoms with Gasteiger partial charge in [-0.2, -0.15) is 13.2 Å². The number of fused-ring (bicyclic) bond motifs is 1. The van der Waals surface area contributed by atoms with Crippen molar-refractivity contribution in [2.75, 3.05) is 12.4 Å². The van der Waals surface area contributed by atoms with Crippen molar-refractivity contribution in [1.29, 1.82) is 0 Å². The number of hydrogen-bond donors (Lipinski definition) is 1. The number of hydrogen-bond acceptors (Lipinski definition) is 3. The van der Waals surface area contributed by atoms with Gasteiger partial charge in [-0.15, -0.1) is 0 Å². The maximum atomic E-state index is 14.3. The molecule has 1 N–H and O–H groups in total. The molecular formula is C20H17F3N4O2. The fourth-order valence-electron chi connectivity index (χ4n) is 3.33. The lowest BCUT2D eigenvalue weighted by Crippen LogP contribution is -2.59. The van der Waals surface area contributed by atoms with E-state index in [9.17, 15) is 22.8 Å². The number of nitrogens with zero attached hydrogens (tertiary/aromatic N) is 3. The number of urea groups is 1. The summed E-state index contributed by atoms with van der Waals surface area (Å²) in [6.45, 7) is 0.110. The Labute approximate surface area is 164 Å². The van der Waals surface area contributed by atoms with Gasteiger partial charge in [0.05, 0.1) is 12.9 Å². The van der Waals surface area contributed by atoms with Crippen LogP contribution in [0.3, 0.4) is 0 Å². The van der Waals surface area contributed by atoms with Gasteiger partial charge in [0.1, 0.15) is 0 Å². The van der Waals surface area contributed by atoms with Gasteiger partial charge in [-0.1, -0.05) is 24.0 Å². The molecule has 1 aliphatic heterocycles. The smallest absolute Gasteiger partial charge is 0.307 e. The number of carbonyl (C=O) groups is 1. The first-order chi connectivity index (χ1) is 13.7. The van der Waals surface area contributed by atoms with E-state index in [1.165, 1.54) is 41.4 Å². The standard InChI is InChI=1S/C20H17F3N4O2/c1-26-18(29)25-16-10-14(11-27-12-24-9-7-17(27)28)4-5-15(16)19(26,20(21,22)23)8-6-13-2-3-13/h4-5,7,9-10,12-13H,2-3,11H2,1H3,(H,25,29)/t19-/m0/s1. The largest absolute Gasteiger partial charge is 0.427 e. The molecule has 2 amide bonds. The molecule has 2 aromatic rings. The molecule has 0 saturated heterocycles. The van der Waals surface area contributed by atoms with Crippen molar-refractivity contribution in [3.05, 3.63) is 58.3 Å². The lowest BCUT2D eigenvalue weighted by atomic mass is 9.84. The molecule has 1 saturated carbocycles. The number of alkyl halides is 3. The topological polar surface area (TPSA) is 67.2 Å². The summed E-state index contributed by atoms with van der Waals surface area (Å²) in [5, 5.41) is 2.50. The first-order valence-electron chi connectivity index (χ1n) is 9.00. The Kier molecular flexibility index (Phi) is 4.37. The fourth-order valence-corrected chi connectivity index (χ4v) is 3.33. The number of nitrogens with one attached hydrogen (secondary N) is 1. The zero-order chi connectivity index (χ0) is 20.8. The highest BCUT2D eigenvalue weighted by molar-refractivity contribution is 5.94. The summed E-state index contributed by atoms with van der Waals surface area (Å²) in [6.07, 6.45) is -0.559. The third kappa shape index (κ3) is 3.24. The van der Waals surface area contributed by atoms with Gasteiger partial charge >= 0.3 is 12.2 Å². The lowest BCUT2D eigenvalue weighted by molar-refractivity contribution is -0.203. The van der Waals surface area contributed by atoms with Gasteiger partial charge in [0.15, 0.2) is 0 Å². The predicted octanol–water partition coefficient (Wildman–Crippen LogP) is 2.94. The van der Waals surface area contributed by atoms with Crippen LogP contribution in [0.2, 0.25) is 0 Å². The Hall–Kier alpha value is -3.28. The molecular weight excluding hydrogens is 385 g/mol. The van der Waals surface area contributed by atoms with Crippen LogP contribution < -0.4 is 10.9 Å². The Balaban J connectivity index is 1.82. The number of aromatic nitrogens is 2. The molecule has 29 heavy (non-hydrogen) atoms. The highest BCUT2D eigenvalue weighted by atomic mass is 19.4. The molecule has 1 aliphatic carbocycles. The Morgan fingerprint density at radius 3 is 2.69 bits per heavy atom. The first-order valence-corrected chi connectivity index (χ1v) is 9.00. The van der Waals surface area contributed by atoms with Crippen LogP contribution in [0.5, 0.6) is 0 Å². The molecule has 0 unspecified atom stereocenters. The molecule has 150 valence electrons. The Bertz CT molecular complexity index is 1100. The normalized spacial score (nSPS) is 21.1. The zero-order valence-electron chi connectivity index (χ0n) is 15.5. The van der Waals surface area contributed by atoms with Gasteiger partial charge in [-0.3, -0.25) is 14.3 Å². The summed E-state index contributed by atoms with van der Waals surface area (Å²) in [4.78, 5) is 28.7. The maximum Gasteiger partial charge on any atom is 0.427 e. The Morgan fingerprint density at radius 1 is 1.28 bits per heavy atom. The van der Waals surface area contributed by atoms with Crippen molar-refractivity contribution in [2.45, 2.75) is 31.1 Å². The number of rotatable bonds is 2. The molecule has 1 aromatic carbocycles. The maximum absolute atomic E-state index is 14.3. The minimum Gasteiger partial charge on any atom is -0.307 e. The first kappa shape index (κ1) is 19.1. The summed E-state index contributed by atoms with van der Waals surface area (Å²) in [5.41, 5.74) is -2.57. The van der Waals surface area contributed by atoms with Crippen LogP contribution in [0.15, 0.2) is 41.6 Å². The average molecular weight is 402 g/mol. The average Bonchev–Trinajstić information content (AvgIpc) is 3.48. The second-order valence-electron chi connectivity index (χ2n) is 7.17. The van der Waals surface area contributed by atoms with Crippen LogP contribution in [0.1, 0.15) is 24.0 Å². The van der Waals surface area contributed by atoms with Crippen LogP contribution >= 0.6 is 0 Å². The molecule has 0 bridgehead atoms. The highest BCUT2D eigenvalue weighted by Gasteiger charge is 2.62. The van der Waals surface area contributed by atoms with E-state index in [1.54, 1.807) is 0 Å². The highest BCUT2D eigenvalue weighted by Crippen LogP contribution is 2.48. The summed E-state index contributed by atoms with van der Waals surface area (Å²) in [6, 6.07) is 4.66. The summed E-state index contributed by atoms with van der Waals surface area (Å²) in [5.74, 6) is 5.00. The van der Waals surface area contributed by atoms with Crippen LogP contribution in [0.4, 0.5) is 23.7 Å². The van der Waals surface area contributed by atoms with Gasteiger partial charge < -0.3 is 5.32 Å². The third-order valence-electron chi connectivity index (χ3n) is 5.11. The summed E-state index contributed by atoms with van der Waals surface area (Å²) < 4.78 is 44.2. The van der Waals surface area contributed by atoms with Gasteiger partial charge in [0.2, 0.25) is 5.54 Å². The molecule has 2 heterocycles. The molecule has 0 radical (unpaired) electrons. The van der Waals surface area contributed by atoms with Crippen molar-refractivity contribution >= 4 is 11.7 Å². The second kappa shape index (κ2) is 6.65. The minimum absolute atomic E-state index is 0.0324. The van der Waals surface area contributed by atoms with Gasteiger partial charge in [-0.25, -0.2) is 9.78 Å². The number of benzene rings is 1. The molecule has 1 atom stereocenters. The van der Waals surface area contributed by atoms with E-state index in [0.717, 1.165) is 19.9 Å². The van der Waals surface area contributed by atoms with E-state index in [0.29, 0.717) is 10.5 Å². The van der Waals surface area contributed by atoms with E-state index in [2.05, 4.69) is 22.1 Å². The van der Waals surface area contributed by atoms with Crippen LogP contribution in [-0.2, 0) is 12.1 Å². The van der Waals surface area contributed by atoms with Crippen LogP contribution in [0.25, 0.3) is 0 Å². The fraction of sp³-hybridized carbons (Fsp3) is 0.350. The molecule has 1 fully saturated rings. The van der Waals surface area contributed by atoms with Crippen molar-refractivity contribution in [3.8, 4) is 11.8 Å². The Morgan fingerprint density at radius 2 is 2.03 bits per heavy atom. The number of halogens is 3. The van der Waals surface area contributed by atoms with Crippen molar-refractivity contribution in [3.63, 3.8) is 0 Å². The molecule has 2 aliphatic rings. The van der Waals surface area contributed by atoms with Gasteiger partial charge in [0, 0.05) is 36.5 Å². The lowest BCUT2D eigenvalue weighted by Gasteiger charge is -2.43. The van der Waals surface area contributed by atoms with E-state index in [1.807, 2.05) is 0 Å². The molecule has 4 rings (SSSR count). The molecule has 6 nitrogen and oxygen atoms in total. The summed E-state index contributed by atoms with van der Waals surface area (Å²) >= 11 is 0. The number of amides is 2. The van der Waals surface area contributed by atoms with E-state index in [4.69, 9.17) is 0 Å². The minimum atomic E-state index is -4.79. The summed E-state index contributed by atoms with van der Waals surface area (Å²) in [7, 11) is 1.09. The SMILES string of the molecule is CN1C(=O)Nc2cc(Cn3cnccc3=O)ccc2[C@@]1(C#CC1CC1)C(F)(F)F. The second-order valence-corrected chi connectivity index (χ2v) is 7.17. The number of carbonyl (C=O) groups excluding carboxylic acids is 1. The molecule has 9 heteroatoms. The van der Waals surface area contributed by atoms with Crippen LogP contribution in [-0.4, -0.2) is 33.7 Å². The number of anilines is 1.